The van der Waals surface area contributed by atoms with Gasteiger partial charge in [0.15, 0.2) is 0 Å². The molecule has 20 heavy (non-hydrogen) atoms. The van der Waals surface area contributed by atoms with Crippen molar-refractivity contribution in [3.05, 3.63) is 29.6 Å². The van der Waals surface area contributed by atoms with Gasteiger partial charge in [0.1, 0.15) is 5.82 Å². The molecule has 0 radical (unpaired) electrons. The van der Waals surface area contributed by atoms with Gasteiger partial charge in [0, 0.05) is 30.9 Å². The molecule has 2 unspecified atom stereocenters. The first-order chi connectivity index (χ1) is 9.56. The Hall–Kier alpha value is -1.09. The monoisotopic (exact) mass is 276 g/mol. The highest BCUT2D eigenvalue weighted by Crippen LogP contribution is 2.32. The van der Waals surface area contributed by atoms with Crippen LogP contribution >= 0.6 is 0 Å². The molecule has 1 aromatic carbocycles. The molecule has 2 atom stereocenters. The molecule has 2 heterocycles. The van der Waals surface area contributed by atoms with Gasteiger partial charge in [0.25, 0.3) is 0 Å². The Kier molecular flexibility index (Phi) is 3.72. The topological polar surface area (TPSA) is 6.48 Å². The Labute approximate surface area is 121 Å². The zero-order valence-electron chi connectivity index (χ0n) is 12.8. The van der Waals surface area contributed by atoms with E-state index in [0.717, 1.165) is 24.3 Å². The maximum atomic E-state index is 13.9. The van der Waals surface area contributed by atoms with E-state index in [1.165, 1.54) is 19.4 Å². The zero-order valence-corrected chi connectivity index (χ0v) is 12.8. The van der Waals surface area contributed by atoms with E-state index in [1.54, 1.807) is 6.07 Å². The second-order valence-corrected chi connectivity index (χ2v) is 6.69. The third-order valence-electron chi connectivity index (χ3n) is 4.99. The first-order valence-corrected chi connectivity index (χ1v) is 7.83. The molecule has 2 fully saturated rings. The Morgan fingerprint density at radius 2 is 2.05 bits per heavy atom. The molecule has 2 aliphatic rings. The molecule has 3 heteroatoms. The van der Waals surface area contributed by atoms with Gasteiger partial charge in [-0.2, -0.15) is 0 Å². The van der Waals surface area contributed by atoms with Crippen LogP contribution in [0.3, 0.4) is 0 Å². The maximum absolute atomic E-state index is 13.9. The number of hydrogen-bond donors (Lipinski definition) is 0. The number of rotatable bonds is 2. The average molecular weight is 276 g/mol. The number of piperazine rings is 1. The van der Waals surface area contributed by atoms with Crippen molar-refractivity contribution in [3.8, 4) is 0 Å². The molecule has 2 saturated heterocycles. The van der Waals surface area contributed by atoms with E-state index in [4.69, 9.17) is 0 Å². The first-order valence-electron chi connectivity index (χ1n) is 7.83. The molecule has 0 aliphatic carbocycles. The van der Waals surface area contributed by atoms with Crippen LogP contribution in [0.25, 0.3) is 0 Å². The predicted molar refractivity (Wildman–Crippen MR) is 81.7 cm³/mol. The van der Waals surface area contributed by atoms with Gasteiger partial charge in [-0.15, -0.1) is 0 Å². The SMILES string of the molecule is Cc1ccc(N2CC3CCCN3CC2C(C)C)cc1F. The summed E-state index contributed by atoms with van der Waals surface area (Å²) in [6, 6.07) is 6.86. The van der Waals surface area contributed by atoms with Crippen molar-refractivity contribution in [1.29, 1.82) is 0 Å². The summed E-state index contributed by atoms with van der Waals surface area (Å²) in [5.41, 5.74) is 1.78. The summed E-state index contributed by atoms with van der Waals surface area (Å²) in [6.45, 7) is 9.79. The lowest BCUT2D eigenvalue weighted by Crippen LogP contribution is -2.58. The Balaban J connectivity index is 1.89. The van der Waals surface area contributed by atoms with E-state index < -0.39 is 0 Å². The Morgan fingerprint density at radius 1 is 1.25 bits per heavy atom. The molecule has 0 aromatic heterocycles. The molecule has 0 saturated carbocycles. The van der Waals surface area contributed by atoms with Crippen molar-refractivity contribution < 1.29 is 4.39 Å². The summed E-state index contributed by atoms with van der Waals surface area (Å²) in [4.78, 5) is 5.07. The van der Waals surface area contributed by atoms with Crippen molar-refractivity contribution in [2.24, 2.45) is 5.92 Å². The van der Waals surface area contributed by atoms with Gasteiger partial charge in [-0.3, -0.25) is 4.90 Å². The number of aryl methyl sites for hydroxylation is 1. The van der Waals surface area contributed by atoms with Crippen molar-refractivity contribution in [2.75, 3.05) is 24.5 Å². The van der Waals surface area contributed by atoms with Crippen LogP contribution in [0.15, 0.2) is 18.2 Å². The molecular formula is C17H25FN2. The zero-order chi connectivity index (χ0) is 14.3. The van der Waals surface area contributed by atoms with Crippen molar-refractivity contribution in [3.63, 3.8) is 0 Å². The fourth-order valence-electron chi connectivity index (χ4n) is 3.67. The standard InChI is InChI=1S/C17H25FN2/c1-12(2)17-11-19-8-4-5-15(19)10-20(17)14-7-6-13(3)16(18)9-14/h6-7,9,12,15,17H,4-5,8,10-11H2,1-3H3. The smallest absolute Gasteiger partial charge is 0.128 e. The fourth-order valence-corrected chi connectivity index (χ4v) is 3.67. The minimum atomic E-state index is -0.0844. The van der Waals surface area contributed by atoms with Gasteiger partial charge < -0.3 is 4.90 Å². The third-order valence-corrected chi connectivity index (χ3v) is 4.99. The van der Waals surface area contributed by atoms with E-state index in [0.29, 0.717) is 18.0 Å². The molecular weight excluding hydrogens is 251 g/mol. The largest absolute Gasteiger partial charge is 0.365 e. The molecule has 1 aromatic rings. The predicted octanol–water partition coefficient (Wildman–Crippen LogP) is 3.44. The number of benzene rings is 1. The lowest BCUT2D eigenvalue weighted by Gasteiger charge is -2.46. The lowest BCUT2D eigenvalue weighted by molar-refractivity contribution is 0.176. The summed E-state index contributed by atoms with van der Waals surface area (Å²) in [5, 5.41) is 0. The van der Waals surface area contributed by atoms with Gasteiger partial charge in [0.05, 0.1) is 0 Å². The fraction of sp³-hybridized carbons (Fsp3) is 0.647. The summed E-state index contributed by atoms with van der Waals surface area (Å²) >= 11 is 0. The van der Waals surface area contributed by atoms with Crippen LogP contribution in [0.5, 0.6) is 0 Å². The molecule has 3 rings (SSSR count). The highest BCUT2D eigenvalue weighted by molar-refractivity contribution is 5.50. The molecule has 0 bridgehead atoms. The number of anilines is 1. The Bertz CT molecular complexity index is 486. The summed E-state index contributed by atoms with van der Waals surface area (Å²) in [7, 11) is 0. The summed E-state index contributed by atoms with van der Waals surface area (Å²) in [5.74, 6) is 0.500. The summed E-state index contributed by atoms with van der Waals surface area (Å²) in [6.07, 6.45) is 2.60. The normalized spacial score (nSPS) is 27.1. The van der Waals surface area contributed by atoms with Crippen LogP contribution in [-0.2, 0) is 0 Å². The van der Waals surface area contributed by atoms with Gasteiger partial charge >= 0.3 is 0 Å². The number of nitrogens with zero attached hydrogens (tertiary/aromatic N) is 2. The highest BCUT2D eigenvalue weighted by Gasteiger charge is 2.37. The molecule has 0 amide bonds. The third kappa shape index (κ3) is 2.44. The average Bonchev–Trinajstić information content (AvgIpc) is 2.87. The van der Waals surface area contributed by atoms with Crippen LogP contribution in [0.4, 0.5) is 10.1 Å². The van der Waals surface area contributed by atoms with Crippen LogP contribution in [-0.4, -0.2) is 36.6 Å². The number of hydrogen-bond acceptors (Lipinski definition) is 2. The second-order valence-electron chi connectivity index (χ2n) is 6.69. The maximum Gasteiger partial charge on any atom is 0.128 e. The van der Waals surface area contributed by atoms with Gasteiger partial charge in [-0.1, -0.05) is 19.9 Å². The van der Waals surface area contributed by atoms with E-state index >= 15 is 0 Å². The van der Waals surface area contributed by atoms with Gasteiger partial charge in [-0.25, -0.2) is 4.39 Å². The molecule has 0 N–H and O–H groups in total. The second kappa shape index (κ2) is 5.36. The number of fused-ring (bicyclic) bond motifs is 1. The van der Waals surface area contributed by atoms with Crippen molar-refractivity contribution >= 4 is 5.69 Å². The van der Waals surface area contributed by atoms with Crippen LogP contribution in [0.1, 0.15) is 32.3 Å². The minimum Gasteiger partial charge on any atom is -0.365 e. The quantitative estimate of drug-likeness (QED) is 0.816. The highest BCUT2D eigenvalue weighted by atomic mass is 19.1. The van der Waals surface area contributed by atoms with E-state index in [2.05, 4.69) is 29.7 Å². The van der Waals surface area contributed by atoms with Crippen LogP contribution in [0.2, 0.25) is 0 Å². The first kappa shape index (κ1) is 13.9. The minimum absolute atomic E-state index is 0.0844. The molecule has 2 aliphatic heterocycles. The lowest BCUT2D eigenvalue weighted by atomic mass is 9.96. The van der Waals surface area contributed by atoms with Crippen LogP contribution < -0.4 is 4.90 Å². The molecule has 0 spiro atoms. The molecule has 110 valence electrons. The Morgan fingerprint density at radius 3 is 2.75 bits per heavy atom. The van der Waals surface area contributed by atoms with E-state index in [1.807, 2.05) is 13.0 Å². The van der Waals surface area contributed by atoms with Gasteiger partial charge in [-0.05, 0) is 49.9 Å². The van der Waals surface area contributed by atoms with E-state index in [-0.39, 0.29) is 5.82 Å². The molecule has 2 nitrogen and oxygen atoms in total. The van der Waals surface area contributed by atoms with Gasteiger partial charge in [0.2, 0.25) is 0 Å². The van der Waals surface area contributed by atoms with Crippen molar-refractivity contribution in [1.82, 2.24) is 4.90 Å². The van der Waals surface area contributed by atoms with Crippen LogP contribution in [0, 0.1) is 18.7 Å². The van der Waals surface area contributed by atoms with E-state index in [9.17, 15) is 4.39 Å². The summed E-state index contributed by atoms with van der Waals surface area (Å²) < 4.78 is 13.9. The van der Waals surface area contributed by atoms with Crippen molar-refractivity contribution in [2.45, 2.75) is 45.7 Å². The number of halogens is 1.